The monoisotopic (exact) mass is 191 g/mol. The van der Waals surface area contributed by atoms with E-state index < -0.39 is 0 Å². The number of hydrogen-bond acceptors (Lipinski definition) is 2. The molecule has 0 radical (unpaired) electrons. The Morgan fingerprint density at radius 3 is 2.50 bits per heavy atom. The number of ether oxygens (including phenoxy) is 1. The van der Waals surface area contributed by atoms with Gasteiger partial charge in [-0.25, -0.2) is 0 Å². The average Bonchev–Trinajstić information content (AvgIpc) is 2.13. The fraction of sp³-hybridized carbons (Fsp3) is 0.500. The van der Waals surface area contributed by atoms with Gasteiger partial charge in [0.2, 0.25) is 0 Å². The molecule has 1 aliphatic rings. The average molecular weight is 191 g/mol. The van der Waals surface area contributed by atoms with Gasteiger partial charge in [0, 0.05) is 6.04 Å². The van der Waals surface area contributed by atoms with Crippen molar-refractivity contribution in [3.8, 4) is 0 Å². The summed E-state index contributed by atoms with van der Waals surface area (Å²) < 4.78 is 5.69. The van der Waals surface area contributed by atoms with Crippen LogP contribution in [0.4, 0.5) is 0 Å². The molecule has 0 unspecified atom stereocenters. The molecule has 0 amide bonds. The van der Waals surface area contributed by atoms with Crippen LogP contribution >= 0.6 is 0 Å². The SMILES string of the molecule is Cc1ccc(COC2CC(N)C2)cc1. The third kappa shape index (κ3) is 2.34. The molecule has 0 heterocycles. The summed E-state index contributed by atoms with van der Waals surface area (Å²) in [6.07, 6.45) is 2.43. The molecule has 2 N–H and O–H groups in total. The standard InChI is InChI=1S/C12H17NO/c1-9-2-4-10(5-3-9)8-14-12-6-11(13)7-12/h2-5,11-12H,6-8,13H2,1H3. The van der Waals surface area contributed by atoms with Crippen molar-refractivity contribution in [2.45, 2.75) is 38.5 Å². The molecule has 76 valence electrons. The first-order valence-corrected chi connectivity index (χ1v) is 5.17. The second kappa shape index (κ2) is 4.11. The Kier molecular flexibility index (Phi) is 2.85. The van der Waals surface area contributed by atoms with Crippen molar-refractivity contribution in [2.24, 2.45) is 5.73 Å². The molecule has 1 fully saturated rings. The van der Waals surface area contributed by atoms with Crippen LogP contribution in [-0.2, 0) is 11.3 Å². The highest BCUT2D eigenvalue weighted by Gasteiger charge is 2.26. The van der Waals surface area contributed by atoms with Crippen LogP contribution in [0.15, 0.2) is 24.3 Å². The highest BCUT2D eigenvalue weighted by atomic mass is 16.5. The molecule has 0 saturated heterocycles. The van der Waals surface area contributed by atoms with Crippen LogP contribution in [0.1, 0.15) is 24.0 Å². The van der Waals surface area contributed by atoms with Crippen molar-refractivity contribution < 1.29 is 4.74 Å². The maximum absolute atomic E-state index is 5.69. The zero-order chi connectivity index (χ0) is 9.97. The van der Waals surface area contributed by atoms with Gasteiger partial charge in [0.05, 0.1) is 12.7 Å². The summed E-state index contributed by atoms with van der Waals surface area (Å²) in [7, 11) is 0. The first-order valence-electron chi connectivity index (χ1n) is 5.17. The molecule has 0 aliphatic heterocycles. The lowest BCUT2D eigenvalue weighted by molar-refractivity contribution is -0.0188. The first-order chi connectivity index (χ1) is 6.74. The lowest BCUT2D eigenvalue weighted by Gasteiger charge is -2.32. The van der Waals surface area contributed by atoms with E-state index in [4.69, 9.17) is 10.5 Å². The number of nitrogens with two attached hydrogens (primary N) is 1. The zero-order valence-electron chi connectivity index (χ0n) is 8.57. The van der Waals surface area contributed by atoms with Crippen molar-refractivity contribution in [3.63, 3.8) is 0 Å². The van der Waals surface area contributed by atoms with Gasteiger partial charge in [-0.15, -0.1) is 0 Å². The molecule has 0 spiro atoms. The summed E-state index contributed by atoms with van der Waals surface area (Å²) in [5, 5.41) is 0. The summed E-state index contributed by atoms with van der Waals surface area (Å²) >= 11 is 0. The van der Waals surface area contributed by atoms with Gasteiger partial charge < -0.3 is 10.5 Å². The van der Waals surface area contributed by atoms with Crippen LogP contribution in [0.2, 0.25) is 0 Å². The zero-order valence-corrected chi connectivity index (χ0v) is 8.57. The van der Waals surface area contributed by atoms with Crippen LogP contribution in [0, 0.1) is 6.92 Å². The predicted octanol–water partition coefficient (Wildman–Crippen LogP) is 2.00. The van der Waals surface area contributed by atoms with Crippen LogP contribution in [0.3, 0.4) is 0 Å². The molecule has 0 atom stereocenters. The second-order valence-corrected chi connectivity index (χ2v) is 4.15. The van der Waals surface area contributed by atoms with Gasteiger partial charge in [-0.2, -0.15) is 0 Å². The fourth-order valence-electron chi connectivity index (χ4n) is 1.64. The molecule has 1 aromatic carbocycles. The van der Waals surface area contributed by atoms with E-state index in [0.29, 0.717) is 12.1 Å². The van der Waals surface area contributed by atoms with E-state index >= 15 is 0 Å². The van der Waals surface area contributed by atoms with E-state index in [0.717, 1.165) is 19.4 Å². The molecule has 0 aromatic heterocycles. The quantitative estimate of drug-likeness (QED) is 0.793. The molecule has 1 saturated carbocycles. The lowest BCUT2D eigenvalue weighted by Crippen LogP contribution is -2.41. The van der Waals surface area contributed by atoms with Crippen molar-refractivity contribution >= 4 is 0 Å². The van der Waals surface area contributed by atoms with Crippen molar-refractivity contribution in [1.29, 1.82) is 0 Å². The first kappa shape index (κ1) is 9.69. The van der Waals surface area contributed by atoms with Crippen LogP contribution in [0.25, 0.3) is 0 Å². The van der Waals surface area contributed by atoms with E-state index in [9.17, 15) is 0 Å². The smallest absolute Gasteiger partial charge is 0.0720 e. The minimum atomic E-state index is 0.373. The van der Waals surface area contributed by atoms with Crippen molar-refractivity contribution in [1.82, 2.24) is 0 Å². The predicted molar refractivity (Wildman–Crippen MR) is 57.0 cm³/mol. The van der Waals surface area contributed by atoms with Gasteiger partial charge in [-0.3, -0.25) is 0 Å². The van der Waals surface area contributed by atoms with Crippen LogP contribution < -0.4 is 5.73 Å². The Morgan fingerprint density at radius 1 is 1.29 bits per heavy atom. The Hall–Kier alpha value is -0.860. The molecule has 2 heteroatoms. The molecule has 14 heavy (non-hydrogen) atoms. The number of aryl methyl sites for hydroxylation is 1. The van der Waals surface area contributed by atoms with Gasteiger partial charge in [0.15, 0.2) is 0 Å². The summed E-state index contributed by atoms with van der Waals surface area (Å²) in [5.74, 6) is 0. The third-order valence-corrected chi connectivity index (χ3v) is 2.74. The van der Waals surface area contributed by atoms with E-state index in [2.05, 4.69) is 31.2 Å². The van der Waals surface area contributed by atoms with Crippen molar-refractivity contribution in [2.75, 3.05) is 0 Å². The van der Waals surface area contributed by atoms with E-state index in [1.54, 1.807) is 0 Å². The fourth-order valence-corrected chi connectivity index (χ4v) is 1.64. The van der Waals surface area contributed by atoms with Gasteiger partial charge >= 0.3 is 0 Å². The lowest BCUT2D eigenvalue weighted by atomic mass is 9.90. The summed E-state index contributed by atoms with van der Waals surface area (Å²) in [6, 6.07) is 8.84. The molecule has 2 nitrogen and oxygen atoms in total. The third-order valence-electron chi connectivity index (χ3n) is 2.74. The second-order valence-electron chi connectivity index (χ2n) is 4.15. The van der Waals surface area contributed by atoms with Gasteiger partial charge in [0.1, 0.15) is 0 Å². The van der Waals surface area contributed by atoms with Gasteiger partial charge in [-0.05, 0) is 25.3 Å². The maximum Gasteiger partial charge on any atom is 0.0720 e. The number of rotatable bonds is 3. The van der Waals surface area contributed by atoms with E-state index in [1.165, 1.54) is 11.1 Å². The molecule has 2 rings (SSSR count). The van der Waals surface area contributed by atoms with Crippen LogP contribution in [0.5, 0.6) is 0 Å². The van der Waals surface area contributed by atoms with Gasteiger partial charge in [0.25, 0.3) is 0 Å². The molecule has 1 aromatic rings. The number of benzene rings is 1. The largest absolute Gasteiger partial charge is 0.373 e. The minimum Gasteiger partial charge on any atom is -0.373 e. The van der Waals surface area contributed by atoms with Gasteiger partial charge in [-0.1, -0.05) is 29.8 Å². The molecule has 0 bridgehead atoms. The summed E-state index contributed by atoms with van der Waals surface area (Å²) in [6.45, 7) is 2.81. The summed E-state index contributed by atoms with van der Waals surface area (Å²) in [4.78, 5) is 0. The van der Waals surface area contributed by atoms with E-state index in [-0.39, 0.29) is 0 Å². The van der Waals surface area contributed by atoms with Crippen molar-refractivity contribution in [3.05, 3.63) is 35.4 Å². The topological polar surface area (TPSA) is 35.2 Å². The molecular formula is C12H17NO. The van der Waals surface area contributed by atoms with Crippen LogP contribution in [-0.4, -0.2) is 12.1 Å². The maximum atomic E-state index is 5.69. The molecule has 1 aliphatic carbocycles. The normalized spacial score (nSPS) is 25.9. The highest BCUT2D eigenvalue weighted by molar-refractivity contribution is 5.20. The highest BCUT2D eigenvalue weighted by Crippen LogP contribution is 2.22. The number of hydrogen-bond donors (Lipinski definition) is 1. The Balaban J connectivity index is 1.78. The Labute approximate surface area is 85.1 Å². The Bertz CT molecular complexity index is 288. The molecular weight excluding hydrogens is 174 g/mol. The van der Waals surface area contributed by atoms with E-state index in [1.807, 2.05) is 0 Å². The minimum absolute atomic E-state index is 0.373. The Morgan fingerprint density at radius 2 is 1.93 bits per heavy atom. The summed E-state index contributed by atoms with van der Waals surface area (Å²) in [5.41, 5.74) is 8.22.